The molecule has 0 saturated carbocycles. The number of aryl methyl sites for hydroxylation is 1. The summed E-state index contributed by atoms with van der Waals surface area (Å²) in [5.74, 6) is 0.848. The first-order valence-electron chi connectivity index (χ1n) is 5.95. The van der Waals surface area contributed by atoms with Gasteiger partial charge in [0.15, 0.2) is 0 Å². The second-order valence-electron chi connectivity index (χ2n) is 4.52. The maximum Gasteiger partial charge on any atom is 0.205 e. The van der Waals surface area contributed by atoms with Crippen molar-refractivity contribution in [2.24, 2.45) is 0 Å². The number of hydrogen-bond acceptors (Lipinski definition) is 6. The second kappa shape index (κ2) is 4.95. The van der Waals surface area contributed by atoms with Crippen LogP contribution in [-0.4, -0.2) is 28.6 Å². The van der Waals surface area contributed by atoms with Gasteiger partial charge in [0.2, 0.25) is 5.13 Å². The lowest BCUT2D eigenvalue weighted by molar-refractivity contribution is -0.0171. The van der Waals surface area contributed by atoms with Gasteiger partial charge in [-0.1, -0.05) is 0 Å². The van der Waals surface area contributed by atoms with Gasteiger partial charge in [-0.05, 0) is 36.2 Å². The Morgan fingerprint density at radius 1 is 1.44 bits per heavy atom. The summed E-state index contributed by atoms with van der Waals surface area (Å²) >= 11 is 3.18. The Labute approximate surface area is 114 Å². The first-order valence-corrected chi connectivity index (χ1v) is 7.67. The van der Waals surface area contributed by atoms with Gasteiger partial charge in [-0.2, -0.15) is 15.7 Å². The Morgan fingerprint density at radius 2 is 2.33 bits per heavy atom. The van der Waals surface area contributed by atoms with Crippen LogP contribution in [0, 0.1) is 6.92 Å². The monoisotopic (exact) mass is 281 g/mol. The summed E-state index contributed by atoms with van der Waals surface area (Å²) in [6, 6.07) is 2.14. The van der Waals surface area contributed by atoms with Gasteiger partial charge in [-0.25, -0.2) is 4.98 Å². The van der Waals surface area contributed by atoms with Gasteiger partial charge in [0.25, 0.3) is 0 Å². The molecule has 0 amide bonds. The third-order valence-corrected chi connectivity index (χ3v) is 4.53. The van der Waals surface area contributed by atoms with Gasteiger partial charge in [-0.15, -0.1) is 0 Å². The summed E-state index contributed by atoms with van der Waals surface area (Å²) in [7, 11) is 0. The van der Waals surface area contributed by atoms with Crippen molar-refractivity contribution in [3.63, 3.8) is 0 Å². The molecule has 0 aromatic carbocycles. The molecule has 2 atom stereocenters. The molecule has 1 aliphatic heterocycles. The van der Waals surface area contributed by atoms with Crippen molar-refractivity contribution < 1.29 is 4.74 Å². The van der Waals surface area contributed by atoms with E-state index in [1.54, 1.807) is 11.3 Å². The number of nitrogens with zero attached hydrogens (tertiary/aromatic N) is 3. The minimum Gasteiger partial charge on any atom is -0.367 e. The molecule has 0 radical (unpaired) electrons. The highest BCUT2D eigenvalue weighted by molar-refractivity contribution is 7.09. The van der Waals surface area contributed by atoms with Gasteiger partial charge >= 0.3 is 0 Å². The summed E-state index contributed by atoms with van der Waals surface area (Å²) in [6.07, 6.45) is 0.358. The van der Waals surface area contributed by atoms with E-state index in [4.69, 9.17) is 4.74 Å². The summed E-state index contributed by atoms with van der Waals surface area (Å²) in [4.78, 5) is 6.74. The van der Waals surface area contributed by atoms with E-state index in [2.05, 4.69) is 38.0 Å². The molecule has 18 heavy (non-hydrogen) atoms. The van der Waals surface area contributed by atoms with Gasteiger partial charge in [-0.3, -0.25) is 0 Å². The average Bonchev–Trinajstić information content (AvgIpc) is 2.98. The highest BCUT2D eigenvalue weighted by Gasteiger charge is 2.28. The van der Waals surface area contributed by atoms with Crippen LogP contribution < -0.4 is 4.90 Å². The van der Waals surface area contributed by atoms with Crippen LogP contribution in [0.15, 0.2) is 16.8 Å². The molecule has 4 nitrogen and oxygen atoms in total. The first-order chi connectivity index (χ1) is 8.72. The zero-order chi connectivity index (χ0) is 12.5. The van der Waals surface area contributed by atoms with Crippen molar-refractivity contribution in [1.82, 2.24) is 9.36 Å². The molecule has 0 spiro atoms. The Balaban J connectivity index is 1.80. The van der Waals surface area contributed by atoms with Crippen LogP contribution in [0.2, 0.25) is 0 Å². The van der Waals surface area contributed by atoms with Crippen LogP contribution in [0.4, 0.5) is 5.13 Å². The van der Waals surface area contributed by atoms with E-state index >= 15 is 0 Å². The molecule has 2 aromatic rings. The van der Waals surface area contributed by atoms with E-state index in [1.807, 2.05) is 6.92 Å². The highest BCUT2D eigenvalue weighted by Crippen LogP contribution is 2.30. The maximum absolute atomic E-state index is 6.01. The predicted molar refractivity (Wildman–Crippen MR) is 74.5 cm³/mol. The minimum atomic E-state index is 0.143. The zero-order valence-electron chi connectivity index (χ0n) is 10.4. The summed E-state index contributed by atoms with van der Waals surface area (Å²) in [5.41, 5.74) is 1.26. The average molecular weight is 281 g/mol. The molecular weight excluding hydrogens is 266 g/mol. The lowest BCUT2D eigenvalue weighted by atomic mass is 10.1. The molecule has 3 heterocycles. The molecule has 0 N–H and O–H groups in total. The van der Waals surface area contributed by atoms with Gasteiger partial charge in [0.05, 0.1) is 12.6 Å². The van der Waals surface area contributed by atoms with Crippen molar-refractivity contribution in [2.75, 3.05) is 18.0 Å². The van der Waals surface area contributed by atoms with E-state index in [1.165, 1.54) is 17.1 Å². The van der Waals surface area contributed by atoms with Crippen LogP contribution >= 0.6 is 22.9 Å². The van der Waals surface area contributed by atoms with E-state index in [9.17, 15) is 0 Å². The van der Waals surface area contributed by atoms with Gasteiger partial charge in [0, 0.05) is 18.1 Å². The van der Waals surface area contributed by atoms with E-state index < -0.39 is 0 Å². The Kier molecular flexibility index (Phi) is 3.32. The Hall–Kier alpha value is -0.980. The number of anilines is 1. The number of ether oxygens (including phenoxy) is 1. The van der Waals surface area contributed by atoms with Crippen molar-refractivity contribution in [3.8, 4) is 0 Å². The molecule has 0 bridgehead atoms. The Morgan fingerprint density at radius 3 is 3.00 bits per heavy atom. The van der Waals surface area contributed by atoms with Crippen LogP contribution in [-0.2, 0) is 4.74 Å². The normalized spacial score (nSPS) is 24.4. The van der Waals surface area contributed by atoms with E-state index in [0.717, 1.165) is 24.0 Å². The molecule has 1 saturated heterocycles. The smallest absolute Gasteiger partial charge is 0.205 e. The number of rotatable bonds is 2. The quantitative estimate of drug-likeness (QED) is 0.848. The van der Waals surface area contributed by atoms with Crippen LogP contribution in [0.25, 0.3) is 0 Å². The van der Waals surface area contributed by atoms with E-state index in [-0.39, 0.29) is 12.2 Å². The third kappa shape index (κ3) is 2.41. The molecule has 6 heteroatoms. The summed E-state index contributed by atoms with van der Waals surface area (Å²) in [5, 5.41) is 5.26. The highest BCUT2D eigenvalue weighted by atomic mass is 32.1. The third-order valence-electron chi connectivity index (χ3n) is 2.96. The van der Waals surface area contributed by atoms with Crippen molar-refractivity contribution in [1.29, 1.82) is 0 Å². The molecule has 1 fully saturated rings. The largest absolute Gasteiger partial charge is 0.367 e. The molecule has 1 aliphatic rings. The molecule has 3 rings (SSSR count). The van der Waals surface area contributed by atoms with Crippen LogP contribution in [0.1, 0.15) is 24.4 Å². The number of thiophene rings is 1. The van der Waals surface area contributed by atoms with Crippen LogP contribution in [0.5, 0.6) is 0 Å². The summed E-state index contributed by atoms with van der Waals surface area (Å²) in [6.45, 7) is 5.78. The number of morpholine rings is 1. The predicted octanol–water partition coefficient (Wildman–Crippen LogP) is 2.87. The number of hydrogen-bond donors (Lipinski definition) is 0. The molecule has 2 aromatic heterocycles. The topological polar surface area (TPSA) is 38.2 Å². The lowest BCUT2D eigenvalue weighted by Crippen LogP contribution is -2.42. The molecule has 96 valence electrons. The molecule has 2 unspecified atom stereocenters. The lowest BCUT2D eigenvalue weighted by Gasteiger charge is -2.36. The SMILES string of the molecule is Cc1nsc(N2CC(C)OC(c3ccsc3)C2)n1. The van der Waals surface area contributed by atoms with Crippen molar-refractivity contribution >= 4 is 28.0 Å². The Bertz CT molecular complexity index is 511. The zero-order valence-corrected chi connectivity index (χ0v) is 12.0. The fourth-order valence-corrected chi connectivity index (χ4v) is 3.56. The fourth-order valence-electron chi connectivity index (χ4n) is 2.16. The molecular formula is C12H15N3OS2. The van der Waals surface area contributed by atoms with Crippen molar-refractivity contribution in [2.45, 2.75) is 26.1 Å². The van der Waals surface area contributed by atoms with Gasteiger partial charge in [0.1, 0.15) is 11.9 Å². The fraction of sp³-hybridized carbons (Fsp3) is 0.500. The van der Waals surface area contributed by atoms with Gasteiger partial charge < -0.3 is 9.64 Å². The van der Waals surface area contributed by atoms with Crippen molar-refractivity contribution in [3.05, 3.63) is 28.2 Å². The standard InChI is InChI=1S/C12H15N3OS2/c1-8-5-15(12-13-9(2)14-18-12)6-11(16-8)10-3-4-17-7-10/h3-4,7-8,11H,5-6H2,1-2H3. The van der Waals surface area contributed by atoms with Crippen LogP contribution in [0.3, 0.4) is 0 Å². The summed E-state index contributed by atoms with van der Waals surface area (Å²) < 4.78 is 10.3. The maximum atomic E-state index is 6.01. The second-order valence-corrected chi connectivity index (χ2v) is 6.03. The minimum absolute atomic E-state index is 0.143. The molecule has 0 aliphatic carbocycles. The first kappa shape index (κ1) is 12.1. The van der Waals surface area contributed by atoms with E-state index in [0.29, 0.717) is 0 Å². The number of aromatic nitrogens is 2.